The number of aliphatic hydroxyl groups is 1. The van der Waals surface area contributed by atoms with Crippen LogP contribution in [0.5, 0.6) is 5.75 Å². The van der Waals surface area contributed by atoms with Crippen LogP contribution in [0.3, 0.4) is 0 Å². The molecule has 2 saturated heterocycles. The summed E-state index contributed by atoms with van der Waals surface area (Å²) in [4.78, 5) is 6.72. The molecule has 6 nitrogen and oxygen atoms in total. The van der Waals surface area contributed by atoms with E-state index in [1.165, 1.54) is 16.3 Å². The summed E-state index contributed by atoms with van der Waals surface area (Å²) in [5, 5.41) is 13.2. The standard InChI is InChI=1S/C26H32N4O2/c1-32-24-7-6-19-13-21(5-4-20(19)14-24)25-23(16-28-29-25)17-30-11-8-18(9-12-30)26(31)22-3-2-10-27-15-22/h2-7,10,13-15,18,23,25-26,28-29,31H,8-9,11-12,16-17H2,1H3. The summed E-state index contributed by atoms with van der Waals surface area (Å²) in [5.74, 6) is 1.70. The quantitative estimate of drug-likeness (QED) is 0.554. The fraction of sp³-hybridized carbons (Fsp3) is 0.423. The highest BCUT2D eigenvalue weighted by molar-refractivity contribution is 5.84. The number of nitrogens with one attached hydrogen (secondary N) is 2. The third kappa shape index (κ3) is 4.50. The van der Waals surface area contributed by atoms with E-state index in [0.717, 1.165) is 50.3 Å². The van der Waals surface area contributed by atoms with Crippen LogP contribution >= 0.6 is 0 Å². The average Bonchev–Trinajstić information content (AvgIpc) is 3.32. The van der Waals surface area contributed by atoms with E-state index < -0.39 is 6.10 Å². The maximum absolute atomic E-state index is 10.7. The molecule has 3 heterocycles. The van der Waals surface area contributed by atoms with Crippen LogP contribution in [0.2, 0.25) is 0 Å². The molecule has 0 aliphatic carbocycles. The number of aromatic nitrogens is 1. The fourth-order valence-corrected chi connectivity index (χ4v) is 5.23. The van der Waals surface area contributed by atoms with Crippen LogP contribution in [0.4, 0.5) is 0 Å². The summed E-state index contributed by atoms with van der Waals surface area (Å²) in [7, 11) is 1.70. The molecule has 1 aromatic heterocycles. The maximum atomic E-state index is 10.7. The molecule has 32 heavy (non-hydrogen) atoms. The van der Waals surface area contributed by atoms with Crippen LogP contribution in [-0.2, 0) is 0 Å². The molecular formula is C26H32N4O2. The molecule has 2 aliphatic heterocycles. The van der Waals surface area contributed by atoms with Crippen molar-refractivity contribution in [2.24, 2.45) is 11.8 Å². The van der Waals surface area contributed by atoms with E-state index in [1.54, 1.807) is 19.5 Å². The number of hydrogen-bond donors (Lipinski definition) is 3. The molecule has 5 rings (SSSR count). The van der Waals surface area contributed by atoms with Gasteiger partial charge in [0.05, 0.1) is 19.3 Å². The predicted octanol–water partition coefficient (Wildman–Crippen LogP) is 3.45. The van der Waals surface area contributed by atoms with Gasteiger partial charge in [-0.05, 0) is 78.0 Å². The van der Waals surface area contributed by atoms with Gasteiger partial charge in [0.1, 0.15) is 5.75 Å². The number of ether oxygens (including phenoxy) is 1. The minimum absolute atomic E-state index is 0.292. The molecule has 3 aromatic rings. The first-order valence-corrected chi connectivity index (χ1v) is 11.6. The Morgan fingerprint density at radius 2 is 1.94 bits per heavy atom. The van der Waals surface area contributed by atoms with E-state index in [0.29, 0.717) is 17.9 Å². The molecule has 3 unspecified atom stereocenters. The smallest absolute Gasteiger partial charge is 0.119 e. The fourth-order valence-electron chi connectivity index (χ4n) is 5.23. The van der Waals surface area contributed by atoms with Crippen molar-refractivity contribution in [3.05, 3.63) is 72.1 Å². The number of benzene rings is 2. The number of fused-ring (bicyclic) bond motifs is 1. The monoisotopic (exact) mass is 432 g/mol. The zero-order valence-corrected chi connectivity index (χ0v) is 18.6. The lowest BCUT2D eigenvalue weighted by Crippen LogP contribution is -2.40. The van der Waals surface area contributed by atoms with Crippen molar-refractivity contribution in [2.75, 3.05) is 33.3 Å². The maximum Gasteiger partial charge on any atom is 0.119 e. The average molecular weight is 433 g/mol. The van der Waals surface area contributed by atoms with Crippen molar-refractivity contribution in [1.82, 2.24) is 20.7 Å². The van der Waals surface area contributed by atoms with Crippen molar-refractivity contribution in [2.45, 2.75) is 25.0 Å². The molecule has 2 aromatic carbocycles. The van der Waals surface area contributed by atoms with Crippen LogP contribution in [-0.4, -0.2) is 48.3 Å². The highest BCUT2D eigenvalue weighted by Gasteiger charge is 2.32. The number of piperidine rings is 1. The minimum atomic E-state index is -0.412. The number of hydrazine groups is 1. The Bertz CT molecular complexity index is 1040. The summed E-state index contributed by atoms with van der Waals surface area (Å²) in [6.07, 6.45) is 5.17. The van der Waals surface area contributed by atoms with E-state index in [-0.39, 0.29) is 0 Å². The Kier molecular flexibility index (Phi) is 6.37. The number of likely N-dealkylation sites (tertiary alicyclic amines) is 1. The molecule has 0 bridgehead atoms. The van der Waals surface area contributed by atoms with Gasteiger partial charge in [-0.15, -0.1) is 0 Å². The summed E-state index contributed by atoms with van der Waals surface area (Å²) in [5.41, 5.74) is 9.14. The summed E-state index contributed by atoms with van der Waals surface area (Å²) >= 11 is 0. The van der Waals surface area contributed by atoms with Crippen LogP contribution in [0.25, 0.3) is 10.8 Å². The van der Waals surface area contributed by atoms with Gasteiger partial charge >= 0.3 is 0 Å². The number of methoxy groups -OCH3 is 1. The lowest BCUT2D eigenvalue weighted by atomic mass is 9.87. The zero-order chi connectivity index (χ0) is 21.9. The third-order valence-electron chi connectivity index (χ3n) is 7.12. The highest BCUT2D eigenvalue weighted by atomic mass is 16.5. The summed E-state index contributed by atoms with van der Waals surface area (Å²) in [6, 6.07) is 17.1. The number of rotatable bonds is 6. The van der Waals surface area contributed by atoms with Crippen LogP contribution in [0.15, 0.2) is 60.9 Å². The second kappa shape index (κ2) is 9.55. The van der Waals surface area contributed by atoms with Crippen LogP contribution in [0.1, 0.15) is 36.1 Å². The van der Waals surface area contributed by atoms with Crippen molar-refractivity contribution < 1.29 is 9.84 Å². The topological polar surface area (TPSA) is 69.7 Å². The van der Waals surface area contributed by atoms with Gasteiger partial charge in [-0.3, -0.25) is 10.4 Å². The predicted molar refractivity (Wildman–Crippen MR) is 126 cm³/mol. The van der Waals surface area contributed by atoms with Gasteiger partial charge in [0, 0.05) is 31.4 Å². The van der Waals surface area contributed by atoms with Crippen LogP contribution < -0.4 is 15.6 Å². The number of aliphatic hydroxyl groups excluding tert-OH is 1. The minimum Gasteiger partial charge on any atom is -0.497 e. The SMILES string of the molecule is COc1ccc2cc(C3NNCC3CN3CCC(C(O)c4cccnc4)CC3)ccc2c1. The molecule has 2 aliphatic rings. The van der Waals surface area contributed by atoms with Crippen LogP contribution in [0, 0.1) is 11.8 Å². The number of nitrogens with zero attached hydrogens (tertiary/aromatic N) is 2. The molecule has 168 valence electrons. The van der Waals surface area contributed by atoms with E-state index in [2.05, 4.69) is 51.1 Å². The zero-order valence-electron chi connectivity index (χ0n) is 18.6. The van der Waals surface area contributed by atoms with Crippen molar-refractivity contribution in [3.8, 4) is 5.75 Å². The van der Waals surface area contributed by atoms with Gasteiger partial charge in [0.2, 0.25) is 0 Å². The molecule has 3 atom stereocenters. The van der Waals surface area contributed by atoms with E-state index in [1.807, 2.05) is 18.2 Å². The normalized spacial score (nSPS) is 23.4. The largest absolute Gasteiger partial charge is 0.497 e. The van der Waals surface area contributed by atoms with Crippen molar-refractivity contribution in [1.29, 1.82) is 0 Å². The number of hydrogen-bond acceptors (Lipinski definition) is 6. The summed E-state index contributed by atoms with van der Waals surface area (Å²) in [6.45, 7) is 4.08. The third-order valence-corrected chi connectivity index (χ3v) is 7.12. The van der Waals surface area contributed by atoms with E-state index in [4.69, 9.17) is 4.74 Å². The van der Waals surface area contributed by atoms with Gasteiger partial charge in [-0.25, -0.2) is 5.43 Å². The molecule has 0 saturated carbocycles. The molecular weight excluding hydrogens is 400 g/mol. The second-order valence-electron chi connectivity index (χ2n) is 9.10. The molecule has 0 amide bonds. The van der Waals surface area contributed by atoms with E-state index >= 15 is 0 Å². The first-order valence-electron chi connectivity index (χ1n) is 11.6. The Morgan fingerprint density at radius 1 is 1.12 bits per heavy atom. The molecule has 3 N–H and O–H groups in total. The van der Waals surface area contributed by atoms with Gasteiger partial charge in [-0.2, -0.15) is 0 Å². The Morgan fingerprint density at radius 3 is 2.72 bits per heavy atom. The van der Waals surface area contributed by atoms with Gasteiger partial charge < -0.3 is 14.7 Å². The van der Waals surface area contributed by atoms with E-state index in [9.17, 15) is 5.11 Å². The van der Waals surface area contributed by atoms with Gasteiger partial charge in [0.25, 0.3) is 0 Å². The van der Waals surface area contributed by atoms with Crippen molar-refractivity contribution in [3.63, 3.8) is 0 Å². The van der Waals surface area contributed by atoms with Crippen molar-refractivity contribution >= 4 is 10.8 Å². The highest BCUT2D eigenvalue weighted by Crippen LogP contribution is 2.33. The molecule has 0 spiro atoms. The molecule has 2 fully saturated rings. The lowest BCUT2D eigenvalue weighted by Gasteiger charge is -2.36. The first kappa shape index (κ1) is 21.3. The Labute approximate surface area is 189 Å². The first-order chi connectivity index (χ1) is 15.7. The Balaban J connectivity index is 1.21. The summed E-state index contributed by atoms with van der Waals surface area (Å²) < 4.78 is 5.35. The molecule has 6 heteroatoms. The Hall–Kier alpha value is -2.51. The molecule has 0 radical (unpaired) electrons. The second-order valence-corrected chi connectivity index (χ2v) is 9.10. The lowest BCUT2D eigenvalue weighted by molar-refractivity contribution is 0.0539. The van der Waals surface area contributed by atoms with Gasteiger partial charge in [-0.1, -0.05) is 24.3 Å². The number of pyridine rings is 1. The van der Waals surface area contributed by atoms with Gasteiger partial charge in [0.15, 0.2) is 0 Å².